The molecule has 0 bridgehead atoms. The monoisotopic (exact) mass is 207 g/mol. The molecule has 0 aromatic heterocycles. The predicted molar refractivity (Wildman–Crippen MR) is 55.1 cm³/mol. The van der Waals surface area contributed by atoms with E-state index in [1.807, 2.05) is 11.8 Å². The summed E-state index contributed by atoms with van der Waals surface area (Å²) in [6.07, 6.45) is 1.86. The summed E-state index contributed by atoms with van der Waals surface area (Å²) in [7, 11) is 0. The molecule has 0 aromatic carbocycles. The summed E-state index contributed by atoms with van der Waals surface area (Å²) in [4.78, 5) is 13.1. The largest absolute Gasteiger partial charge is 0.338 e. The maximum Gasteiger partial charge on any atom is 0.317 e. The molecule has 1 rings (SSSR count). The molecule has 1 aliphatic rings. The Hall–Kier alpha value is -0.480. The Kier molecular flexibility index (Phi) is 5.82. The average Bonchev–Trinajstić information content (AvgIpc) is 2.06. The van der Waals surface area contributed by atoms with E-state index < -0.39 is 0 Å². The third-order valence-corrected chi connectivity index (χ3v) is 2.15. The second-order valence-electron chi connectivity index (χ2n) is 3.16. The lowest BCUT2D eigenvalue weighted by Crippen LogP contribution is -2.47. The van der Waals surface area contributed by atoms with Crippen molar-refractivity contribution in [3.63, 3.8) is 0 Å². The van der Waals surface area contributed by atoms with Crippen LogP contribution in [0, 0.1) is 0 Å². The van der Waals surface area contributed by atoms with Gasteiger partial charge in [0, 0.05) is 25.7 Å². The van der Waals surface area contributed by atoms with Crippen LogP contribution in [0.15, 0.2) is 0 Å². The van der Waals surface area contributed by atoms with E-state index in [0.717, 1.165) is 25.9 Å². The molecule has 1 aliphatic heterocycles. The van der Waals surface area contributed by atoms with Crippen LogP contribution in [-0.4, -0.2) is 36.6 Å². The van der Waals surface area contributed by atoms with Gasteiger partial charge in [-0.15, -0.1) is 12.4 Å². The molecule has 1 heterocycles. The summed E-state index contributed by atoms with van der Waals surface area (Å²) < 4.78 is 0. The summed E-state index contributed by atoms with van der Waals surface area (Å²) in [5.41, 5.74) is 5.71. The Bertz CT molecular complexity index is 157. The van der Waals surface area contributed by atoms with Crippen LogP contribution in [0.2, 0.25) is 0 Å². The molecule has 78 valence electrons. The Morgan fingerprint density at radius 3 is 2.54 bits per heavy atom. The lowest BCUT2D eigenvalue weighted by Gasteiger charge is -2.29. The lowest BCUT2D eigenvalue weighted by molar-refractivity contribution is 0.182. The third-order valence-electron chi connectivity index (χ3n) is 2.15. The van der Waals surface area contributed by atoms with Gasteiger partial charge in [0.2, 0.25) is 0 Å². The van der Waals surface area contributed by atoms with Crippen LogP contribution in [-0.2, 0) is 0 Å². The summed E-state index contributed by atoms with van der Waals surface area (Å²) in [6.45, 7) is 4.22. The van der Waals surface area contributed by atoms with Crippen LogP contribution < -0.4 is 11.1 Å². The minimum absolute atomic E-state index is 0. The molecular formula is C8H18ClN3O. The molecule has 1 fully saturated rings. The van der Waals surface area contributed by atoms with E-state index in [4.69, 9.17) is 5.73 Å². The van der Waals surface area contributed by atoms with Crippen molar-refractivity contribution in [2.24, 2.45) is 5.73 Å². The van der Waals surface area contributed by atoms with E-state index in [2.05, 4.69) is 5.32 Å². The van der Waals surface area contributed by atoms with Gasteiger partial charge < -0.3 is 16.0 Å². The summed E-state index contributed by atoms with van der Waals surface area (Å²) in [5.74, 6) is 0. The summed E-state index contributed by atoms with van der Waals surface area (Å²) in [6, 6.07) is 0.333. The highest BCUT2D eigenvalue weighted by Crippen LogP contribution is 2.07. The highest BCUT2D eigenvalue weighted by Gasteiger charge is 2.19. The second-order valence-corrected chi connectivity index (χ2v) is 3.16. The first-order valence-corrected chi connectivity index (χ1v) is 4.52. The predicted octanol–water partition coefficient (Wildman–Crippen LogP) is 0.561. The fourth-order valence-corrected chi connectivity index (χ4v) is 1.37. The second kappa shape index (κ2) is 6.05. The molecule has 1 saturated heterocycles. The van der Waals surface area contributed by atoms with Crippen LogP contribution in [0.4, 0.5) is 4.79 Å². The number of nitrogens with two attached hydrogens (primary N) is 1. The fourth-order valence-electron chi connectivity index (χ4n) is 1.37. The SMILES string of the molecule is CCNC(=O)N1CCC(N)CC1.Cl. The van der Waals surface area contributed by atoms with E-state index in [-0.39, 0.29) is 24.5 Å². The number of nitrogens with one attached hydrogen (secondary N) is 1. The molecule has 5 heteroatoms. The minimum atomic E-state index is 0. The first kappa shape index (κ1) is 12.5. The molecule has 0 spiro atoms. The number of carbonyl (C=O) groups excluding carboxylic acids is 1. The van der Waals surface area contributed by atoms with E-state index in [1.54, 1.807) is 0 Å². The van der Waals surface area contributed by atoms with Gasteiger partial charge in [-0.3, -0.25) is 0 Å². The zero-order chi connectivity index (χ0) is 8.97. The standard InChI is InChI=1S/C8H17N3O.ClH/c1-2-10-8(12)11-5-3-7(9)4-6-11;/h7H,2-6,9H2,1H3,(H,10,12);1H. The Balaban J connectivity index is 0.00000144. The summed E-state index contributed by atoms with van der Waals surface area (Å²) >= 11 is 0. The van der Waals surface area contributed by atoms with Gasteiger partial charge in [0.25, 0.3) is 0 Å². The number of amides is 2. The number of urea groups is 1. The molecule has 0 radical (unpaired) electrons. The lowest BCUT2D eigenvalue weighted by atomic mass is 10.1. The number of likely N-dealkylation sites (tertiary alicyclic amines) is 1. The number of halogens is 1. The molecule has 0 unspecified atom stereocenters. The van der Waals surface area contributed by atoms with Crippen LogP contribution in [0.5, 0.6) is 0 Å². The van der Waals surface area contributed by atoms with Crippen LogP contribution in [0.1, 0.15) is 19.8 Å². The number of piperidine rings is 1. The smallest absolute Gasteiger partial charge is 0.317 e. The third kappa shape index (κ3) is 3.83. The van der Waals surface area contributed by atoms with Gasteiger partial charge in [0.05, 0.1) is 0 Å². The number of nitrogens with zero attached hydrogens (tertiary/aromatic N) is 1. The first-order valence-electron chi connectivity index (χ1n) is 4.52. The van der Waals surface area contributed by atoms with Crippen molar-refractivity contribution in [2.75, 3.05) is 19.6 Å². The van der Waals surface area contributed by atoms with Gasteiger partial charge in [0.1, 0.15) is 0 Å². The van der Waals surface area contributed by atoms with E-state index in [9.17, 15) is 4.79 Å². The Labute approximate surface area is 85.3 Å². The van der Waals surface area contributed by atoms with Crippen LogP contribution in [0.3, 0.4) is 0 Å². The highest BCUT2D eigenvalue weighted by molar-refractivity contribution is 5.85. The van der Waals surface area contributed by atoms with Crippen molar-refractivity contribution in [3.05, 3.63) is 0 Å². The van der Waals surface area contributed by atoms with Gasteiger partial charge in [-0.2, -0.15) is 0 Å². The van der Waals surface area contributed by atoms with Crippen LogP contribution >= 0.6 is 12.4 Å². The van der Waals surface area contributed by atoms with Crippen molar-refractivity contribution in [2.45, 2.75) is 25.8 Å². The molecule has 0 aromatic rings. The molecule has 3 N–H and O–H groups in total. The fraction of sp³-hybridized carbons (Fsp3) is 0.875. The molecule has 4 nitrogen and oxygen atoms in total. The number of hydrogen-bond donors (Lipinski definition) is 2. The van der Waals surface area contributed by atoms with E-state index in [1.165, 1.54) is 0 Å². The molecule has 2 amide bonds. The minimum Gasteiger partial charge on any atom is -0.338 e. The van der Waals surface area contributed by atoms with E-state index in [0.29, 0.717) is 6.54 Å². The Morgan fingerprint density at radius 2 is 2.08 bits per heavy atom. The van der Waals surface area contributed by atoms with Crippen molar-refractivity contribution in [1.29, 1.82) is 0 Å². The van der Waals surface area contributed by atoms with Crippen molar-refractivity contribution in [3.8, 4) is 0 Å². The molecule has 0 aliphatic carbocycles. The van der Waals surface area contributed by atoms with E-state index >= 15 is 0 Å². The van der Waals surface area contributed by atoms with Gasteiger partial charge in [-0.1, -0.05) is 0 Å². The topological polar surface area (TPSA) is 58.4 Å². The number of carbonyl (C=O) groups is 1. The number of rotatable bonds is 1. The molecule has 0 atom stereocenters. The first-order chi connectivity index (χ1) is 5.74. The maximum atomic E-state index is 11.3. The molecule has 0 saturated carbocycles. The zero-order valence-corrected chi connectivity index (χ0v) is 8.77. The normalized spacial score (nSPS) is 17.8. The van der Waals surface area contributed by atoms with Crippen LogP contribution in [0.25, 0.3) is 0 Å². The zero-order valence-electron chi connectivity index (χ0n) is 7.95. The molecule has 13 heavy (non-hydrogen) atoms. The number of hydrogen-bond acceptors (Lipinski definition) is 2. The van der Waals surface area contributed by atoms with Gasteiger partial charge in [-0.05, 0) is 19.8 Å². The quantitative estimate of drug-likeness (QED) is 0.660. The average molecular weight is 208 g/mol. The van der Waals surface area contributed by atoms with Crippen molar-refractivity contribution < 1.29 is 4.79 Å². The Morgan fingerprint density at radius 1 is 1.54 bits per heavy atom. The maximum absolute atomic E-state index is 11.3. The van der Waals surface area contributed by atoms with Gasteiger partial charge >= 0.3 is 6.03 Å². The highest BCUT2D eigenvalue weighted by atomic mass is 35.5. The summed E-state index contributed by atoms with van der Waals surface area (Å²) in [5, 5.41) is 2.78. The van der Waals surface area contributed by atoms with Crippen molar-refractivity contribution >= 4 is 18.4 Å². The van der Waals surface area contributed by atoms with Crippen molar-refractivity contribution in [1.82, 2.24) is 10.2 Å². The molecular weight excluding hydrogens is 190 g/mol. The van der Waals surface area contributed by atoms with Gasteiger partial charge in [-0.25, -0.2) is 4.79 Å². The van der Waals surface area contributed by atoms with Gasteiger partial charge in [0.15, 0.2) is 0 Å².